The van der Waals surface area contributed by atoms with Gasteiger partial charge >= 0.3 is 12.2 Å². The highest BCUT2D eigenvalue weighted by atomic mass is 16.4. The van der Waals surface area contributed by atoms with Crippen molar-refractivity contribution in [1.29, 1.82) is 0 Å². The number of nitrogens with two attached hydrogens (primary N) is 2. The van der Waals surface area contributed by atoms with Gasteiger partial charge in [-0.3, -0.25) is 0 Å². The molecular formula is C2H6N2O4. The molecule has 0 heterocycles. The quantitative estimate of drug-likeness (QED) is 0.337. The van der Waals surface area contributed by atoms with Crippen molar-refractivity contribution in [2.45, 2.75) is 0 Å². The highest BCUT2D eigenvalue weighted by Crippen LogP contribution is 1.35. The number of primary amides is 2. The van der Waals surface area contributed by atoms with Gasteiger partial charge in [0.15, 0.2) is 0 Å². The normalized spacial score (nSPS) is 6.00. The fraction of sp³-hybridized carbons (Fsp3) is 0. The maximum atomic E-state index is 8.78. The molecule has 0 radical (unpaired) electrons. The van der Waals surface area contributed by atoms with Gasteiger partial charge < -0.3 is 21.7 Å². The van der Waals surface area contributed by atoms with Crippen molar-refractivity contribution in [3.05, 3.63) is 0 Å². The van der Waals surface area contributed by atoms with Gasteiger partial charge in [0.05, 0.1) is 0 Å². The van der Waals surface area contributed by atoms with E-state index in [-0.39, 0.29) is 0 Å². The van der Waals surface area contributed by atoms with Crippen LogP contribution >= 0.6 is 0 Å². The Morgan fingerprint density at radius 1 is 1.00 bits per heavy atom. The maximum Gasteiger partial charge on any atom is 0.402 e. The lowest BCUT2D eigenvalue weighted by Crippen LogP contribution is -2.03. The van der Waals surface area contributed by atoms with E-state index in [9.17, 15) is 0 Å². The molecule has 6 nitrogen and oxygen atoms in total. The molecule has 0 atom stereocenters. The third kappa shape index (κ3) is 26.7. The Labute approximate surface area is 44.7 Å². The predicted molar refractivity (Wildman–Crippen MR) is 24.4 cm³/mol. The van der Waals surface area contributed by atoms with Crippen LogP contribution in [0.4, 0.5) is 9.59 Å². The molecule has 0 fully saturated rings. The smallest absolute Gasteiger partial charge is 0.402 e. The lowest BCUT2D eigenvalue weighted by Gasteiger charge is -1.61. The van der Waals surface area contributed by atoms with Gasteiger partial charge in [-0.1, -0.05) is 0 Å². The van der Waals surface area contributed by atoms with Gasteiger partial charge in [0.1, 0.15) is 0 Å². The first kappa shape index (κ1) is 9.74. The lowest BCUT2D eigenvalue weighted by atomic mass is 11.3. The van der Waals surface area contributed by atoms with Crippen LogP contribution in [0.5, 0.6) is 0 Å². The Kier molecular flexibility index (Phi) is 6.74. The summed E-state index contributed by atoms with van der Waals surface area (Å²) in [6, 6.07) is 0. The van der Waals surface area contributed by atoms with E-state index in [1.807, 2.05) is 0 Å². The average Bonchev–Trinajstić information content (AvgIpc) is 1.25. The first-order valence-corrected chi connectivity index (χ1v) is 1.43. The summed E-state index contributed by atoms with van der Waals surface area (Å²) < 4.78 is 0. The second-order valence-electron chi connectivity index (χ2n) is 0.676. The van der Waals surface area contributed by atoms with E-state index in [1.165, 1.54) is 0 Å². The summed E-state index contributed by atoms with van der Waals surface area (Å²) >= 11 is 0. The molecule has 0 spiro atoms. The van der Waals surface area contributed by atoms with Crippen LogP contribution in [-0.4, -0.2) is 22.4 Å². The zero-order valence-electron chi connectivity index (χ0n) is 3.87. The van der Waals surface area contributed by atoms with Gasteiger partial charge in [-0.05, 0) is 0 Å². The van der Waals surface area contributed by atoms with Crippen LogP contribution in [0.2, 0.25) is 0 Å². The summed E-state index contributed by atoms with van der Waals surface area (Å²) in [5.74, 6) is 0. The molecule has 6 heteroatoms. The SMILES string of the molecule is NC(=O)O.NC(=O)O. The molecular weight excluding hydrogens is 116 g/mol. The zero-order valence-corrected chi connectivity index (χ0v) is 3.87. The Morgan fingerprint density at radius 3 is 1.00 bits per heavy atom. The highest BCUT2D eigenvalue weighted by molar-refractivity contribution is 5.61. The van der Waals surface area contributed by atoms with E-state index in [1.54, 1.807) is 0 Å². The van der Waals surface area contributed by atoms with Gasteiger partial charge in [-0.15, -0.1) is 0 Å². The summed E-state index contributed by atoms with van der Waals surface area (Å²) in [4.78, 5) is 17.6. The van der Waals surface area contributed by atoms with Crippen LogP contribution in [0.1, 0.15) is 0 Å². The molecule has 0 aliphatic heterocycles. The average molecular weight is 122 g/mol. The zero-order chi connectivity index (χ0) is 7.15. The Morgan fingerprint density at radius 2 is 1.00 bits per heavy atom. The van der Waals surface area contributed by atoms with E-state index in [4.69, 9.17) is 19.8 Å². The van der Waals surface area contributed by atoms with Crippen molar-refractivity contribution in [3.8, 4) is 0 Å². The molecule has 0 unspecified atom stereocenters. The predicted octanol–water partition coefficient (Wildman–Crippen LogP) is -0.754. The van der Waals surface area contributed by atoms with Crippen molar-refractivity contribution >= 4 is 12.2 Å². The first-order valence-electron chi connectivity index (χ1n) is 1.43. The molecule has 0 aromatic heterocycles. The molecule has 0 saturated heterocycles. The minimum atomic E-state index is -1.33. The standard InChI is InChI=1S/2CH3NO2/c2*2-1(3)4/h2*2H2,(H,3,4). The molecule has 0 saturated carbocycles. The lowest BCUT2D eigenvalue weighted by molar-refractivity contribution is 0.204. The molecule has 48 valence electrons. The Hall–Kier alpha value is -1.46. The van der Waals surface area contributed by atoms with E-state index < -0.39 is 12.2 Å². The topological polar surface area (TPSA) is 127 Å². The van der Waals surface area contributed by atoms with E-state index >= 15 is 0 Å². The van der Waals surface area contributed by atoms with Gasteiger partial charge in [0, 0.05) is 0 Å². The summed E-state index contributed by atoms with van der Waals surface area (Å²) in [7, 11) is 0. The van der Waals surface area contributed by atoms with Crippen LogP contribution in [-0.2, 0) is 0 Å². The monoisotopic (exact) mass is 122 g/mol. The van der Waals surface area contributed by atoms with Crippen molar-refractivity contribution in [2.75, 3.05) is 0 Å². The van der Waals surface area contributed by atoms with Crippen LogP contribution in [0.15, 0.2) is 0 Å². The minimum absolute atomic E-state index is 1.33. The molecule has 0 aliphatic rings. The van der Waals surface area contributed by atoms with Crippen LogP contribution in [0.25, 0.3) is 0 Å². The Balaban J connectivity index is 0. The molecule has 6 N–H and O–H groups in total. The fourth-order valence-corrected chi connectivity index (χ4v) is 0. The second-order valence-corrected chi connectivity index (χ2v) is 0.676. The van der Waals surface area contributed by atoms with Crippen LogP contribution in [0.3, 0.4) is 0 Å². The summed E-state index contributed by atoms with van der Waals surface area (Å²) in [5, 5.41) is 14.4. The van der Waals surface area contributed by atoms with Crippen molar-refractivity contribution in [2.24, 2.45) is 11.5 Å². The van der Waals surface area contributed by atoms with E-state index in [0.29, 0.717) is 0 Å². The van der Waals surface area contributed by atoms with Crippen molar-refractivity contribution in [3.63, 3.8) is 0 Å². The van der Waals surface area contributed by atoms with Crippen molar-refractivity contribution in [1.82, 2.24) is 0 Å². The Bertz CT molecular complexity index is 70.0. The minimum Gasteiger partial charge on any atom is -0.465 e. The maximum absolute atomic E-state index is 8.78. The van der Waals surface area contributed by atoms with Gasteiger partial charge in [-0.2, -0.15) is 0 Å². The highest BCUT2D eigenvalue weighted by Gasteiger charge is 1.65. The van der Waals surface area contributed by atoms with Gasteiger partial charge in [0.2, 0.25) is 0 Å². The molecule has 0 aromatic carbocycles. The molecule has 0 bridgehead atoms. The molecule has 0 rings (SSSR count). The summed E-state index contributed by atoms with van der Waals surface area (Å²) in [5.41, 5.74) is 8.06. The number of rotatable bonds is 0. The number of carboxylic acid groups (broad SMARTS) is 2. The number of carbonyl (C=O) groups is 2. The van der Waals surface area contributed by atoms with E-state index in [0.717, 1.165) is 0 Å². The van der Waals surface area contributed by atoms with Crippen molar-refractivity contribution < 1.29 is 19.8 Å². The van der Waals surface area contributed by atoms with Gasteiger partial charge in [-0.25, -0.2) is 9.59 Å². The number of amides is 2. The summed E-state index contributed by atoms with van der Waals surface area (Å²) in [6.45, 7) is 0. The molecule has 0 aliphatic carbocycles. The summed E-state index contributed by atoms with van der Waals surface area (Å²) in [6.07, 6.45) is -2.67. The third-order valence-corrected chi connectivity index (χ3v) is 0. The van der Waals surface area contributed by atoms with E-state index in [2.05, 4.69) is 11.5 Å². The molecule has 0 aromatic rings. The third-order valence-electron chi connectivity index (χ3n) is 0. The second kappa shape index (κ2) is 5.54. The van der Waals surface area contributed by atoms with Crippen LogP contribution in [0, 0.1) is 0 Å². The van der Waals surface area contributed by atoms with Crippen LogP contribution < -0.4 is 11.5 Å². The fourth-order valence-electron chi connectivity index (χ4n) is 0. The molecule has 2 amide bonds. The first-order chi connectivity index (χ1) is 3.46. The molecule has 8 heavy (non-hydrogen) atoms. The van der Waals surface area contributed by atoms with Gasteiger partial charge in [0.25, 0.3) is 0 Å². The number of hydrogen-bond donors (Lipinski definition) is 4. The number of hydrogen-bond acceptors (Lipinski definition) is 2. The largest absolute Gasteiger partial charge is 0.465 e.